The van der Waals surface area contributed by atoms with Crippen molar-refractivity contribution in [1.29, 1.82) is 0 Å². The van der Waals surface area contributed by atoms with Crippen LogP contribution in [0.4, 0.5) is 0 Å². The Bertz CT molecular complexity index is 398. The van der Waals surface area contributed by atoms with Crippen LogP contribution in [-0.2, 0) is 10.0 Å². The Morgan fingerprint density at radius 2 is 2.25 bits per heavy atom. The van der Waals surface area contributed by atoms with E-state index in [1.807, 2.05) is 6.92 Å². The number of nitrogens with zero attached hydrogens (tertiary/aromatic N) is 1. The van der Waals surface area contributed by atoms with E-state index in [-0.39, 0.29) is 6.54 Å². The van der Waals surface area contributed by atoms with E-state index in [9.17, 15) is 13.5 Å². The van der Waals surface area contributed by atoms with Crippen molar-refractivity contribution in [3.8, 4) is 0 Å². The lowest BCUT2D eigenvalue weighted by molar-refractivity contribution is 0.163. The third-order valence-electron chi connectivity index (χ3n) is 2.03. The van der Waals surface area contributed by atoms with Gasteiger partial charge in [0.15, 0.2) is 0 Å². The van der Waals surface area contributed by atoms with E-state index >= 15 is 0 Å². The molecule has 1 N–H and O–H groups in total. The van der Waals surface area contributed by atoms with Crippen molar-refractivity contribution >= 4 is 21.4 Å². The zero-order valence-corrected chi connectivity index (χ0v) is 11.1. The lowest BCUT2D eigenvalue weighted by atomic mass is 10.4. The van der Waals surface area contributed by atoms with Crippen LogP contribution < -0.4 is 0 Å². The summed E-state index contributed by atoms with van der Waals surface area (Å²) in [7, 11) is -3.42. The second kappa shape index (κ2) is 5.77. The summed E-state index contributed by atoms with van der Waals surface area (Å²) in [4.78, 5) is 0. The standard InChI is InChI=1S/C10H17NO3S2/c1-3-6-11(8-9(2)12)16(13,14)10-5-4-7-15-10/h4-5,7,9,12H,3,6,8H2,1-2H3. The number of aliphatic hydroxyl groups is 1. The predicted molar refractivity (Wildman–Crippen MR) is 65.0 cm³/mol. The average molecular weight is 263 g/mol. The van der Waals surface area contributed by atoms with Crippen LogP contribution in [0, 0.1) is 0 Å². The van der Waals surface area contributed by atoms with Gasteiger partial charge in [-0.3, -0.25) is 0 Å². The van der Waals surface area contributed by atoms with Gasteiger partial charge in [0.2, 0.25) is 0 Å². The van der Waals surface area contributed by atoms with Gasteiger partial charge in [0.1, 0.15) is 4.21 Å². The Morgan fingerprint density at radius 3 is 2.69 bits per heavy atom. The summed E-state index contributed by atoms with van der Waals surface area (Å²) in [5, 5.41) is 11.0. The quantitative estimate of drug-likeness (QED) is 0.847. The molecule has 6 heteroatoms. The highest BCUT2D eigenvalue weighted by atomic mass is 32.2. The molecule has 0 fully saturated rings. The van der Waals surface area contributed by atoms with Crippen LogP contribution in [0.2, 0.25) is 0 Å². The summed E-state index contributed by atoms with van der Waals surface area (Å²) >= 11 is 1.20. The van der Waals surface area contributed by atoms with Crippen LogP contribution >= 0.6 is 11.3 Å². The highest BCUT2D eigenvalue weighted by Gasteiger charge is 2.25. The molecule has 0 radical (unpaired) electrons. The largest absolute Gasteiger partial charge is 0.392 e. The van der Waals surface area contributed by atoms with E-state index in [4.69, 9.17) is 0 Å². The third-order valence-corrected chi connectivity index (χ3v) is 5.27. The summed E-state index contributed by atoms with van der Waals surface area (Å²) in [5.41, 5.74) is 0. The fraction of sp³-hybridized carbons (Fsp3) is 0.600. The fourth-order valence-corrected chi connectivity index (χ4v) is 4.15. The van der Waals surface area contributed by atoms with Gasteiger partial charge in [-0.25, -0.2) is 8.42 Å². The minimum Gasteiger partial charge on any atom is -0.392 e. The van der Waals surface area contributed by atoms with Gasteiger partial charge in [0.05, 0.1) is 6.10 Å². The molecule has 1 heterocycles. The zero-order chi connectivity index (χ0) is 12.2. The maximum absolute atomic E-state index is 12.1. The van der Waals surface area contributed by atoms with Crippen molar-refractivity contribution in [3.63, 3.8) is 0 Å². The summed E-state index contributed by atoms with van der Waals surface area (Å²) in [5.74, 6) is 0. The van der Waals surface area contributed by atoms with Crippen LogP contribution in [0.15, 0.2) is 21.7 Å². The molecule has 0 aliphatic carbocycles. The highest BCUT2D eigenvalue weighted by Crippen LogP contribution is 2.21. The molecule has 1 unspecified atom stereocenters. The van der Waals surface area contributed by atoms with Crippen LogP contribution in [-0.4, -0.2) is 37.0 Å². The Labute approximate surface area is 101 Å². The summed E-state index contributed by atoms with van der Waals surface area (Å²) in [6.45, 7) is 4.09. The monoisotopic (exact) mass is 263 g/mol. The van der Waals surface area contributed by atoms with Gasteiger partial charge in [-0.05, 0) is 24.8 Å². The minimum atomic E-state index is -3.42. The molecule has 0 saturated heterocycles. The molecule has 0 bridgehead atoms. The molecule has 1 rings (SSSR count). The summed E-state index contributed by atoms with van der Waals surface area (Å²) < 4.78 is 26.0. The van der Waals surface area contributed by atoms with E-state index in [1.54, 1.807) is 24.4 Å². The maximum Gasteiger partial charge on any atom is 0.252 e. The van der Waals surface area contributed by atoms with E-state index < -0.39 is 16.1 Å². The normalized spacial score (nSPS) is 14.2. The van der Waals surface area contributed by atoms with Crippen molar-refractivity contribution < 1.29 is 13.5 Å². The molecular weight excluding hydrogens is 246 g/mol. The molecule has 92 valence electrons. The second-order valence-electron chi connectivity index (χ2n) is 3.64. The average Bonchev–Trinajstić information content (AvgIpc) is 2.69. The van der Waals surface area contributed by atoms with Gasteiger partial charge in [0, 0.05) is 13.1 Å². The molecule has 16 heavy (non-hydrogen) atoms. The van der Waals surface area contributed by atoms with Crippen LogP contribution in [0.1, 0.15) is 20.3 Å². The lowest BCUT2D eigenvalue weighted by Crippen LogP contribution is -2.36. The Hall–Kier alpha value is -0.430. The van der Waals surface area contributed by atoms with Crippen molar-refractivity contribution in [1.82, 2.24) is 4.31 Å². The molecule has 1 aromatic heterocycles. The van der Waals surface area contributed by atoms with Gasteiger partial charge >= 0.3 is 0 Å². The van der Waals surface area contributed by atoms with Gasteiger partial charge < -0.3 is 5.11 Å². The van der Waals surface area contributed by atoms with E-state index in [0.717, 1.165) is 6.42 Å². The Kier molecular flexibility index (Phi) is 4.91. The van der Waals surface area contributed by atoms with Crippen molar-refractivity contribution in [2.75, 3.05) is 13.1 Å². The molecule has 0 spiro atoms. The number of sulfonamides is 1. The first-order chi connectivity index (χ1) is 7.48. The molecule has 1 aromatic rings. The topological polar surface area (TPSA) is 57.6 Å². The zero-order valence-electron chi connectivity index (χ0n) is 9.46. The summed E-state index contributed by atoms with van der Waals surface area (Å²) in [6, 6.07) is 3.30. The highest BCUT2D eigenvalue weighted by molar-refractivity contribution is 7.91. The van der Waals surface area contributed by atoms with Crippen LogP contribution in [0.5, 0.6) is 0 Å². The second-order valence-corrected chi connectivity index (χ2v) is 6.76. The van der Waals surface area contributed by atoms with E-state index in [0.29, 0.717) is 10.8 Å². The minimum absolute atomic E-state index is 0.147. The maximum atomic E-state index is 12.1. The van der Waals surface area contributed by atoms with Crippen molar-refractivity contribution in [3.05, 3.63) is 17.5 Å². The Morgan fingerprint density at radius 1 is 1.56 bits per heavy atom. The molecular formula is C10H17NO3S2. The van der Waals surface area contributed by atoms with E-state index in [2.05, 4.69) is 0 Å². The number of rotatable bonds is 6. The Balaban J connectivity index is 2.93. The molecule has 0 amide bonds. The number of aliphatic hydroxyl groups excluding tert-OH is 1. The molecule has 0 aromatic carbocycles. The van der Waals surface area contributed by atoms with Gasteiger partial charge in [-0.1, -0.05) is 13.0 Å². The van der Waals surface area contributed by atoms with Crippen LogP contribution in [0.25, 0.3) is 0 Å². The predicted octanol–water partition coefficient (Wildman–Crippen LogP) is 1.53. The van der Waals surface area contributed by atoms with Crippen molar-refractivity contribution in [2.45, 2.75) is 30.6 Å². The van der Waals surface area contributed by atoms with Crippen molar-refractivity contribution in [2.24, 2.45) is 0 Å². The van der Waals surface area contributed by atoms with Gasteiger partial charge in [-0.15, -0.1) is 11.3 Å². The first-order valence-corrected chi connectivity index (χ1v) is 7.52. The van der Waals surface area contributed by atoms with Gasteiger partial charge in [-0.2, -0.15) is 4.31 Å². The van der Waals surface area contributed by atoms with E-state index in [1.165, 1.54) is 15.6 Å². The first-order valence-electron chi connectivity index (χ1n) is 5.20. The number of thiophene rings is 1. The fourth-order valence-electron chi connectivity index (χ4n) is 1.39. The molecule has 0 aliphatic heterocycles. The summed E-state index contributed by atoms with van der Waals surface area (Å²) in [6.07, 6.45) is 0.0819. The third kappa shape index (κ3) is 3.28. The molecule has 0 saturated carbocycles. The molecule has 0 aliphatic rings. The van der Waals surface area contributed by atoms with Gasteiger partial charge in [0.25, 0.3) is 10.0 Å². The molecule has 1 atom stereocenters. The molecule has 4 nitrogen and oxygen atoms in total. The number of hydrogen-bond donors (Lipinski definition) is 1. The SMILES string of the molecule is CCCN(CC(C)O)S(=O)(=O)c1cccs1. The van der Waals surface area contributed by atoms with Crippen LogP contribution in [0.3, 0.4) is 0 Å². The number of hydrogen-bond acceptors (Lipinski definition) is 4. The lowest BCUT2D eigenvalue weighted by Gasteiger charge is -2.21. The smallest absolute Gasteiger partial charge is 0.252 e. The first kappa shape index (κ1) is 13.6.